The summed E-state index contributed by atoms with van der Waals surface area (Å²) in [6.07, 6.45) is 3.23. The Balaban J connectivity index is 2.08. The third-order valence-electron chi connectivity index (χ3n) is 4.57. The highest BCUT2D eigenvalue weighted by atomic mass is 32.2. The van der Waals surface area contributed by atoms with Crippen molar-refractivity contribution < 1.29 is 26.3 Å². The summed E-state index contributed by atoms with van der Waals surface area (Å²) in [4.78, 5) is 11.7. The van der Waals surface area contributed by atoms with Crippen LogP contribution >= 0.6 is 0 Å². The van der Waals surface area contributed by atoms with Crippen LogP contribution in [0.15, 0.2) is 29.5 Å². The van der Waals surface area contributed by atoms with Gasteiger partial charge in [-0.1, -0.05) is 0 Å². The second-order valence-electron chi connectivity index (χ2n) is 6.77. The van der Waals surface area contributed by atoms with Gasteiger partial charge in [-0.25, -0.2) is 40.9 Å². The SMILES string of the molecule is COc1cnc(/C(F)=C/c2cc(F)c(F)c([C@]3(C)CS(=O)(=O)N(C)C(N)=N3)c2)cn1. The van der Waals surface area contributed by atoms with Gasteiger partial charge in [-0.2, -0.15) is 0 Å². The molecule has 160 valence electrons. The molecule has 2 N–H and O–H groups in total. The van der Waals surface area contributed by atoms with Gasteiger partial charge in [0.15, 0.2) is 17.5 Å². The molecular weight excluding hydrogens is 423 g/mol. The average molecular weight is 441 g/mol. The molecule has 0 saturated heterocycles. The van der Waals surface area contributed by atoms with Crippen molar-refractivity contribution in [3.05, 3.63) is 53.0 Å². The first kappa shape index (κ1) is 21.6. The maximum absolute atomic E-state index is 14.6. The second-order valence-corrected chi connectivity index (χ2v) is 8.77. The van der Waals surface area contributed by atoms with Gasteiger partial charge in [-0.3, -0.25) is 0 Å². The molecule has 0 spiro atoms. The van der Waals surface area contributed by atoms with Crippen molar-refractivity contribution in [2.75, 3.05) is 19.9 Å². The van der Waals surface area contributed by atoms with E-state index in [9.17, 15) is 21.6 Å². The Kier molecular flexibility index (Phi) is 5.46. The van der Waals surface area contributed by atoms with Crippen LogP contribution in [-0.2, 0) is 15.6 Å². The molecule has 3 rings (SSSR count). The molecule has 1 atom stereocenters. The monoisotopic (exact) mass is 441 g/mol. The van der Waals surface area contributed by atoms with Crippen LogP contribution in [0.3, 0.4) is 0 Å². The first-order valence-corrected chi connectivity index (χ1v) is 10.1. The Morgan fingerprint density at radius 2 is 2.00 bits per heavy atom. The number of guanidine groups is 1. The molecule has 0 aliphatic carbocycles. The molecule has 1 aliphatic rings. The standard InChI is InChI=1S/C18H18F3N5O3S/c1-18(9-30(27,28)26(2)17(22)25-18)11-4-10(6-13(20)16(11)21)5-12(19)14-7-24-15(29-3)8-23-14/h4-8H,9H2,1-3H3,(H2,22,25)/b12-5-/t18-/m0/s1. The largest absolute Gasteiger partial charge is 0.480 e. The third kappa shape index (κ3) is 3.95. The highest BCUT2D eigenvalue weighted by Crippen LogP contribution is 2.35. The van der Waals surface area contributed by atoms with Gasteiger partial charge in [0, 0.05) is 12.6 Å². The minimum absolute atomic E-state index is 0.0645. The van der Waals surface area contributed by atoms with E-state index in [0.29, 0.717) is 0 Å². The van der Waals surface area contributed by atoms with Crippen LogP contribution in [0.1, 0.15) is 23.7 Å². The van der Waals surface area contributed by atoms with Gasteiger partial charge < -0.3 is 10.5 Å². The number of nitrogens with two attached hydrogens (primary N) is 1. The lowest BCUT2D eigenvalue weighted by atomic mass is 9.92. The minimum atomic E-state index is -3.91. The zero-order valence-electron chi connectivity index (χ0n) is 16.2. The van der Waals surface area contributed by atoms with Crippen molar-refractivity contribution in [1.82, 2.24) is 14.3 Å². The van der Waals surface area contributed by atoms with Crippen LogP contribution in [0, 0.1) is 11.6 Å². The molecule has 0 bridgehead atoms. The maximum Gasteiger partial charge on any atom is 0.239 e. The summed E-state index contributed by atoms with van der Waals surface area (Å²) in [5.41, 5.74) is 3.36. The van der Waals surface area contributed by atoms with E-state index in [0.717, 1.165) is 28.7 Å². The van der Waals surface area contributed by atoms with Crippen molar-refractivity contribution in [2.45, 2.75) is 12.5 Å². The summed E-state index contributed by atoms with van der Waals surface area (Å²) >= 11 is 0. The van der Waals surface area contributed by atoms with Gasteiger partial charge in [0.2, 0.25) is 21.9 Å². The van der Waals surface area contributed by atoms with Gasteiger partial charge in [-0.05, 0) is 30.7 Å². The second kappa shape index (κ2) is 7.59. The van der Waals surface area contributed by atoms with E-state index in [2.05, 4.69) is 15.0 Å². The number of methoxy groups -OCH3 is 1. The maximum atomic E-state index is 14.6. The predicted molar refractivity (Wildman–Crippen MR) is 104 cm³/mol. The summed E-state index contributed by atoms with van der Waals surface area (Å²) in [5, 5.41) is 0. The number of aromatic nitrogens is 2. The van der Waals surface area contributed by atoms with E-state index in [1.807, 2.05) is 0 Å². The van der Waals surface area contributed by atoms with E-state index < -0.39 is 38.8 Å². The molecule has 1 aromatic carbocycles. The van der Waals surface area contributed by atoms with E-state index in [-0.39, 0.29) is 28.7 Å². The van der Waals surface area contributed by atoms with Crippen LogP contribution in [0.2, 0.25) is 0 Å². The van der Waals surface area contributed by atoms with Gasteiger partial charge in [0.05, 0.1) is 25.3 Å². The molecule has 0 amide bonds. The molecule has 0 radical (unpaired) electrons. The summed E-state index contributed by atoms with van der Waals surface area (Å²) in [5.74, 6) is -4.30. The molecule has 1 aromatic heterocycles. The van der Waals surface area contributed by atoms with Crippen molar-refractivity contribution in [3.8, 4) is 5.88 Å². The molecular formula is C18H18F3N5O3S. The van der Waals surface area contributed by atoms with Crippen molar-refractivity contribution >= 4 is 27.9 Å². The van der Waals surface area contributed by atoms with Crippen LogP contribution in [0.4, 0.5) is 13.2 Å². The van der Waals surface area contributed by atoms with Crippen LogP contribution in [-0.4, -0.2) is 48.6 Å². The summed E-state index contributed by atoms with van der Waals surface area (Å²) in [6.45, 7) is 1.31. The van der Waals surface area contributed by atoms with Gasteiger partial charge in [-0.15, -0.1) is 0 Å². The summed E-state index contributed by atoms with van der Waals surface area (Å²) in [6, 6.07) is 1.89. The topological polar surface area (TPSA) is 111 Å². The average Bonchev–Trinajstić information content (AvgIpc) is 2.68. The predicted octanol–water partition coefficient (Wildman–Crippen LogP) is 2.04. The fraction of sp³-hybridized carbons (Fsp3) is 0.278. The third-order valence-corrected chi connectivity index (χ3v) is 6.52. The number of rotatable bonds is 4. The number of benzene rings is 1. The Morgan fingerprint density at radius 3 is 2.57 bits per heavy atom. The molecule has 8 nitrogen and oxygen atoms in total. The number of aliphatic imine (C=N–C) groups is 1. The number of ether oxygens (including phenoxy) is 1. The van der Waals surface area contributed by atoms with E-state index in [1.54, 1.807) is 0 Å². The Labute approximate surface area is 171 Å². The first-order valence-electron chi connectivity index (χ1n) is 8.52. The molecule has 0 saturated carbocycles. The zero-order chi connectivity index (χ0) is 22.3. The summed E-state index contributed by atoms with van der Waals surface area (Å²) in [7, 11) is -1.34. The number of halogens is 3. The lowest BCUT2D eigenvalue weighted by Crippen LogP contribution is -2.50. The quantitative estimate of drug-likeness (QED) is 0.777. The molecule has 2 heterocycles. The number of sulfonamides is 1. The van der Waals surface area contributed by atoms with E-state index in [4.69, 9.17) is 10.5 Å². The Hall–Kier alpha value is -3.15. The Bertz CT molecular complexity index is 1150. The number of nitrogens with zero attached hydrogens (tertiary/aromatic N) is 4. The fourth-order valence-electron chi connectivity index (χ4n) is 2.94. The highest BCUT2D eigenvalue weighted by molar-refractivity contribution is 7.89. The lowest BCUT2D eigenvalue weighted by Gasteiger charge is -2.34. The van der Waals surface area contributed by atoms with Crippen molar-refractivity contribution in [2.24, 2.45) is 10.7 Å². The molecule has 12 heteroatoms. The molecule has 0 unspecified atom stereocenters. The molecule has 30 heavy (non-hydrogen) atoms. The minimum Gasteiger partial charge on any atom is -0.480 e. The van der Waals surface area contributed by atoms with Gasteiger partial charge in [0.25, 0.3) is 0 Å². The normalized spacial score (nSPS) is 21.3. The van der Waals surface area contributed by atoms with Gasteiger partial charge >= 0.3 is 0 Å². The Morgan fingerprint density at radius 1 is 1.30 bits per heavy atom. The van der Waals surface area contributed by atoms with Crippen LogP contribution in [0.25, 0.3) is 11.9 Å². The molecule has 2 aromatic rings. The molecule has 1 aliphatic heterocycles. The van der Waals surface area contributed by atoms with Crippen LogP contribution < -0.4 is 10.5 Å². The summed E-state index contributed by atoms with van der Waals surface area (Å²) < 4.78 is 73.7. The fourth-order valence-corrected chi connectivity index (χ4v) is 4.39. The highest BCUT2D eigenvalue weighted by Gasteiger charge is 2.42. The molecule has 0 fully saturated rings. The van der Waals surface area contributed by atoms with E-state index >= 15 is 0 Å². The smallest absolute Gasteiger partial charge is 0.239 e. The number of hydrogen-bond acceptors (Lipinski definition) is 7. The lowest BCUT2D eigenvalue weighted by molar-refractivity contribution is 0.395. The zero-order valence-corrected chi connectivity index (χ0v) is 17.0. The van der Waals surface area contributed by atoms with E-state index in [1.165, 1.54) is 27.3 Å². The van der Waals surface area contributed by atoms with Crippen molar-refractivity contribution in [3.63, 3.8) is 0 Å². The number of hydrogen-bond donors (Lipinski definition) is 1. The van der Waals surface area contributed by atoms with Crippen molar-refractivity contribution in [1.29, 1.82) is 0 Å². The van der Waals surface area contributed by atoms with Gasteiger partial charge in [0.1, 0.15) is 11.2 Å². The van der Waals surface area contributed by atoms with Crippen LogP contribution in [0.5, 0.6) is 5.88 Å². The first-order chi connectivity index (χ1) is 14.0.